The Labute approximate surface area is 127 Å². The first kappa shape index (κ1) is 13.4. The number of rotatable bonds is 2. The molecule has 1 aliphatic heterocycles. The summed E-state index contributed by atoms with van der Waals surface area (Å²) in [6.45, 7) is 3.20. The summed E-state index contributed by atoms with van der Waals surface area (Å²) >= 11 is 0. The Morgan fingerprint density at radius 1 is 1.18 bits per heavy atom. The highest BCUT2D eigenvalue weighted by Gasteiger charge is 2.31. The molecule has 116 valence electrons. The van der Waals surface area contributed by atoms with Gasteiger partial charge in [0.05, 0.1) is 5.52 Å². The Balaban J connectivity index is 1.45. The quantitative estimate of drug-likeness (QED) is 0.914. The van der Waals surface area contributed by atoms with Crippen molar-refractivity contribution < 1.29 is 9.21 Å². The summed E-state index contributed by atoms with van der Waals surface area (Å²) < 4.78 is 5.02. The van der Waals surface area contributed by atoms with E-state index in [1.54, 1.807) is 0 Å². The Kier molecular flexibility index (Phi) is 3.17. The fourth-order valence-electron chi connectivity index (χ4n) is 3.24. The Morgan fingerprint density at radius 3 is 2.64 bits per heavy atom. The van der Waals surface area contributed by atoms with Gasteiger partial charge in [-0.05, 0) is 31.0 Å². The van der Waals surface area contributed by atoms with Crippen LogP contribution in [0.25, 0.3) is 11.1 Å². The van der Waals surface area contributed by atoms with Gasteiger partial charge in [0.25, 0.3) is 0 Å². The number of oxazole rings is 1. The van der Waals surface area contributed by atoms with Crippen LogP contribution in [0.1, 0.15) is 19.3 Å². The highest BCUT2D eigenvalue weighted by molar-refractivity contribution is 5.80. The standard InChI is InChI=1S/C16H19N3O3/c20-15(11-2-1-3-11)19-8-6-18(7-9-19)12-4-5-14-13(10-12)17-16(21)22-14/h4-5,10-11H,1-3,6-9H2,(H,17,21). The summed E-state index contributed by atoms with van der Waals surface area (Å²) in [5.41, 5.74) is 2.35. The topological polar surface area (TPSA) is 69.6 Å². The van der Waals surface area contributed by atoms with Crippen molar-refractivity contribution >= 4 is 22.7 Å². The second kappa shape index (κ2) is 5.19. The zero-order valence-corrected chi connectivity index (χ0v) is 12.4. The zero-order chi connectivity index (χ0) is 15.1. The summed E-state index contributed by atoms with van der Waals surface area (Å²) in [4.78, 5) is 30.4. The van der Waals surface area contributed by atoms with Crippen LogP contribution in [0.3, 0.4) is 0 Å². The number of hydrogen-bond acceptors (Lipinski definition) is 4. The number of piperazine rings is 1. The molecule has 0 unspecified atom stereocenters. The molecule has 1 amide bonds. The lowest BCUT2D eigenvalue weighted by molar-refractivity contribution is -0.138. The highest BCUT2D eigenvalue weighted by Crippen LogP contribution is 2.29. The smallest absolute Gasteiger partial charge is 0.408 e. The molecule has 4 rings (SSSR count). The van der Waals surface area contributed by atoms with Crippen molar-refractivity contribution in [2.24, 2.45) is 5.92 Å². The van der Waals surface area contributed by atoms with E-state index in [-0.39, 0.29) is 5.92 Å². The van der Waals surface area contributed by atoms with Gasteiger partial charge >= 0.3 is 5.76 Å². The third kappa shape index (κ3) is 2.28. The van der Waals surface area contributed by atoms with Crippen molar-refractivity contribution in [3.05, 3.63) is 28.7 Å². The second-order valence-corrected chi connectivity index (χ2v) is 6.14. The average Bonchev–Trinajstić information content (AvgIpc) is 2.84. The number of nitrogens with one attached hydrogen (secondary N) is 1. The van der Waals surface area contributed by atoms with Gasteiger partial charge < -0.3 is 14.2 Å². The van der Waals surface area contributed by atoms with Gasteiger partial charge in [0, 0.05) is 37.8 Å². The average molecular weight is 301 g/mol. The maximum Gasteiger partial charge on any atom is 0.417 e. The fourth-order valence-corrected chi connectivity index (χ4v) is 3.24. The van der Waals surface area contributed by atoms with Crippen LogP contribution < -0.4 is 10.7 Å². The van der Waals surface area contributed by atoms with E-state index < -0.39 is 5.76 Å². The molecule has 0 bridgehead atoms. The fraction of sp³-hybridized carbons (Fsp3) is 0.500. The molecule has 1 saturated carbocycles. The molecule has 1 aromatic heterocycles. The van der Waals surface area contributed by atoms with E-state index in [0.29, 0.717) is 11.5 Å². The number of nitrogens with zero attached hydrogens (tertiary/aromatic N) is 2. The van der Waals surface area contributed by atoms with Crippen molar-refractivity contribution in [3.63, 3.8) is 0 Å². The van der Waals surface area contributed by atoms with Gasteiger partial charge in [-0.2, -0.15) is 0 Å². The number of carbonyl (C=O) groups is 1. The molecule has 2 heterocycles. The molecule has 2 fully saturated rings. The molecular weight excluding hydrogens is 282 g/mol. The van der Waals surface area contributed by atoms with Gasteiger partial charge in [0.15, 0.2) is 5.58 Å². The first-order valence-electron chi connectivity index (χ1n) is 7.87. The lowest BCUT2D eigenvalue weighted by Gasteiger charge is -2.39. The molecule has 2 aliphatic rings. The minimum atomic E-state index is -0.428. The summed E-state index contributed by atoms with van der Waals surface area (Å²) in [6.07, 6.45) is 3.31. The first-order chi connectivity index (χ1) is 10.7. The van der Waals surface area contributed by atoms with Crippen molar-refractivity contribution in [2.75, 3.05) is 31.1 Å². The number of fused-ring (bicyclic) bond motifs is 1. The number of anilines is 1. The molecule has 1 saturated heterocycles. The molecule has 6 nitrogen and oxygen atoms in total. The third-order valence-corrected chi connectivity index (χ3v) is 4.81. The van der Waals surface area contributed by atoms with E-state index in [0.717, 1.165) is 50.2 Å². The first-order valence-corrected chi connectivity index (χ1v) is 7.87. The van der Waals surface area contributed by atoms with Crippen LogP contribution in [-0.2, 0) is 4.79 Å². The van der Waals surface area contributed by atoms with Crippen LogP contribution in [-0.4, -0.2) is 42.0 Å². The molecule has 0 atom stereocenters. The predicted molar refractivity (Wildman–Crippen MR) is 83.0 cm³/mol. The number of aromatic nitrogens is 1. The summed E-state index contributed by atoms with van der Waals surface area (Å²) in [7, 11) is 0. The lowest BCUT2D eigenvalue weighted by atomic mass is 9.84. The predicted octanol–water partition coefficient (Wildman–Crippen LogP) is 1.57. The van der Waals surface area contributed by atoms with Crippen LogP contribution in [0, 0.1) is 5.92 Å². The normalized spacial score (nSPS) is 19.5. The largest absolute Gasteiger partial charge is 0.417 e. The molecule has 0 spiro atoms. The number of amides is 1. The molecular formula is C16H19N3O3. The van der Waals surface area contributed by atoms with Crippen LogP contribution in [0.15, 0.2) is 27.4 Å². The monoisotopic (exact) mass is 301 g/mol. The number of benzene rings is 1. The minimum absolute atomic E-state index is 0.277. The molecule has 6 heteroatoms. The molecule has 1 aromatic carbocycles. The summed E-state index contributed by atoms with van der Waals surface area (Å²) in [5, 5.41) is 0. The highest BCUT2D eigenvalue weighted by atomic mass is 16.4. The van der Waals surface area contributed by atoms with Gasteiger partial charge in [-0.25, -0.2) is 4.79 Å². The van der Waals surface area contributed by atoms with Gasteiger partial charge in [-0.15, -0.1) is 0 Å². The van der Waals surface area contributed by atoms with E-state index in [1.165, 1.54) is 6.42 Å². The number of aromatic amines is 1. The van der Waals surface area contributed by atoms with Gasteiger partial charge in [0.1, 0.15) is 0 Å². The van der Waals surface area contributed by atoms with Gasteiger partial charge in [-0.3, -0.25) is 9.78 Å². The molecule has 1 aliphatic carbocycles. The van der Waals surface area contributed by atoms with Crippen molar-refractivity contribution in [2.45, 2.75) is 19.3 Å². The number of H-pyrrole nitrogens is 1. The van der Waals surface area contributed by atoms with Crippen LogP contribution >= 0.6 is 0 Å². The Bertz CT molecular complexity index is 751. The summed E-state index contributed by atoms with van der Waals surface area (Å²) in [6, 6.07) is 5.71. The van der Waals surface area contributed by atoms with Crippen LogP contribution in [0.5, 0.6) is 0 Å². The zero-order valence-electron chi connectivity index (χ0n) is 12.4. The second-order valence-electron chi connectivity index (χ2n) is 6.14. The van der Waals surface area contributed by atoms with E-state index in [2.05, 4.69) is 9.88 Å². The van der Waals surface area contributed by atoms with E-state index in [9.17, 15) is 9.59 Å². The van der Waals surface area contributed by atoms with E-state index >= 15 is 0 Å². The SMILES string of the molecule is O=C(C1CCC1)N1CCN(c2ccc3oc(=O)[nH]c3c2)CC1. The van der Waals surface area contributed by atoms with Crippen molar-refractivity contribution in [3.8, 4) is 0 Å². The van der Waals surface area contributed by atoms with E-state index in [4.69, 9.17) is 4.42 Å². The van der Waals surface area contributed by atoms with Crippen molar-refractivity contribution in [1.82, 2.24) is 9.88 Å². The van der Waals surface area contributed by atoms with Crippen molar-refractivity contribution in [1.29, 1.82) is 0 Å². The maximum atomic E-state index is 12.3. The minimum Gasteiger partial charge on any atom is -0.408 e. The van der Waals surface area contributed by atoms with Crippen LogP contribution in [0.2, 0.25) is 0 Å². The van der Waals surface area contributed by atoms with Crippen LogP contribution in [0.4, 0.5) is 5.69 Å². The third-order valence-electron chi connectivity index (χ3n) is 4.81. The van der Waals surface area contributed by atoms with Gasteiger partial charge in [-0.1, -0.05) is 6.42 Å². The molecule has 0 radical (unpaired) electrons. The Hall–Kier alpha value is -2.24. The van der Waals surface area contributed by atoms with E-state index in [1.807, 2.05) is 23.1 Å². The number of carbonyl (C=O) groups excluding carboxylic acids is 1. The maximum absolute atomic E-state index is 12.3. The summed E-state index contributed by atoms with van der Waals surface area (Å²) in [5.74, 6) is 0.183. The number of hydrogen-bond donors (Lipinski definition) is 1. The molecule has 1 N–H and O–H groups in total. The molecule has 22 heavy (non-hydrogen) atoms. The lowest BCUT2D eigenvalue weighted by Crippen LogP contribution is -2.51. The Morgan fingerprint density at radius 2 is 1.95 bits per heavy atom. The molecule has 2 aromatic rings. The van der Waals surface area contributed by atoms with Gasteiger partial charge in [0.2, 0.25) is 5.91 Å².